The molecule has 1 aromatic heterocycles. The molecule has 1 aliphatic rings. The lowest BCUT2D eigenvalue weighted by atomic mass is 9.74. The van der Waals surface area contributed by atoms with Gasteiger partial charge < -0.3 is 9.13 Å². The van der Waals surface area contributed by atoms with E-state index in [9.17, 15) is 0 Å². The fourth-order valence-electron chi connectivity index (χ4n) is 4.45. The van der Waals surface area contributed by atoms with Crippen molar-refractivity contribution in [3.8, 4) is 5.69 Å². The van der Waals surface area contributed by atoms with E-state index < -0.39 is 0 Å². The Bertz CT molecular complexity index is 1160. The number of fused-ring (bicyclic) bond motifs is 3. The number of hydrogen-bond acceptors (Lipinski definition) is 0. The third kappa shape index (κ3) is 2.02. The summed E-state index contributed by atoms with van der Waals surface area (Å²) in [5.41, 5.74) is 6.58. The molecule has 3 aromatic carbocycles. The monoisotopic (exact) mass is 340 g/mol. The van der Waals surface area contributed by atoms with Crippen molar-refractivity contribution < 1.29 is 4.57 Å². The highest BCUT2D eigenvalue weighted by atomic mass is 15.1. The summed E-state index contributed by atoms with van der Waals surface area (Å²) >= 11 is 0. The Labute approximate surface area is 154 Å². The number of para-hydroxylation sites is 1. The van der Waals surface area contributed by atoms with Gasteiger partial charge in [-0.3, -0.25) is 0 Å². The molecule has 5 rings (SSSR count). The Balaban J connectivity index is 1.92. The molecule has 0 radical (unpaired) electrons. The van der Waals surface area contributed by atoms with Gasteiger partial charge in [-0.05, 0) is 33.9 Å². The van der Waals surface area contributed by atoms with Gasteiger partial charge in [-0.1, -0.05) is 76.2 Å². The highest BCUT2D eigenvalue weighted by Gasteiger charge is 2.33. The Hall–Kier alpha value is -2.61. The van der Waals surface area contributed by atoms with Crippen molar-refractivity contribution in [2.45, 2.75) is 39.7 Å². The first kappa shape index (κ1) is 15.6. The molecule has 2 nitrogen and oxygen atoms in total. The fourth-order valence-corrected chi connectivity index (χ4v) is 4.45. The summed E-state index contributed by atoms with van der Waals surface area (Å²) in [6.07, 6.45) is 3.65. The summed E-state index contributed by atoms with van der Waals surface area (Å²) in [4.78, 5) is 0. The van der Waals surface area contributed by atoms with Crippen molar-refractivity contribution in [2.24, 2.45) is 5.92 Å². The van der Waals surface area contributed by atoms with E-state index in [4.69, 9.17) is 0 Å². The van der Waals surface area contributed by atoms with Crippen LogP contribution in [0.1, 0.15) is 38.8 Å². The highest BCUT2D eigenvalue weighted by molar-refractivity contribution is 5.88. The molecule has 2 heterocycles. The van der Waals surface area contributed by atoms with Gasteiger partial charge in [0.2, 0.25) is 6.33 Å². The minimum absolute atomic E-state index is 0.0310. The van der Waals surface area contributed by atoms with Crippen LogP contribution in [-0.4, -0.2) is 4.57 Å². The molecule has 4 aromatic rings. The van der Waals surface area contributed by atoms with E-state index in [-0.39, 0.29) is 5.41 Å². The molecular formula is C24H24N2. The summed E-state index contributed by atoms with van der Waals surface area (Å²) < 4.78 is 4.59. The summed E-state index contributed by atoms with van der Waals surface area (Å²) in [5.74, 6) is 0.587. The maximum absolute atomic E-state index is 3.65. The van der Waals surface area contributed by atoms with Gasteiger partial charge in [-0.25, -0.2) is 0 Å². The standard InChI is InChI=1S/C24H24N2/c1-16(2)14-25-15-26-22-13-18-9-6-5-8-17(18)12-20(22)24(3,4)19-10-7-11-21(25)23(19)26/h5-13,16H,14H2,1-4H3. The summed E-state index contributed by atoms with van der Waals surface area (Å²) in [5, 5.41) is 2.59. The van der Waals surface area contributed by atoms with E-state index in [1.165, 1.54) is 38.6 Å². The van der Waals surface area contributed by atoms with E-state index in [1.54, 1.807) is 0 Å². The maximum Gasteiger partial charge on any atom is 0.244 e. The van der Waals surface area contributed by atoms with E-state index in [0.717, 1.165) is 6.54 Å². The Morgan fingerprint density at radius 1 is 0.962 bits per heavy atom. The van der Waals surface area contributed by atoms with Crippen molar-refractivity contribution in [1.29, 1.82) is 0 Å². The van der Waals surface area contributed by atoms with Crippen molar-refractivity contribution >= 4 is 21.8 Å². The first-order chi connectivity index (χ1) is 12.5. The maximum atomic E-state index is 3.65. The number of benzene rings is 3. The van der Waals surface area contributed by atoms with Gasteiger partial charge in [-0.15, -0.1) is 0 Å². The molecule has 0 fully saturated rings. The zero-order valence-electron chi connectivity index (χ0n) is 15.9. The summed E-state index contributed by atoms with van der Waals surface area (Å²) in [6.45, 7) is 10.2. The quantitative estimate of drug-likeness (QED) is 0.352. The Kier molecular flexibility index (Phi) is 3.13. The molecule has 0 bridgehead atoms. The molecule has 0 aliphatic carbocycles. The molecule has 0 amide bonds. The molecule has 1 aliphatic heterocycles. The van der Waals surface area contributed by atoms with Gasteiger partial charge in [-0.2, -0.15) is 0 Å². The van der Waals surface area contributed by atoms with E-state index in [2.05, 4.69) is 97.8 Å². The van der Waals surface area contributed by atoms with Crippen LogP contribution in [0.4, 0.5) is 0 Å². The Morgan fingerprint density at radius 3 is 2.42 bits per heavy atom. The molecule has 0 unspecified atom stereocenters. The molecule has 0 N–H and O–H groups in total. The fraction of sp³-hybridized carbons (Fsp3) is 0.292. The Morgan fingerprint density at radius 2 is 1.69 bits per heavy atom. The highest BCUT2D eigenvalue weighted by Crippen LogP contribution is 2.42. The third-order valence-electron chi connectivity index (χ3n) is 5.75. The van der Waals surface area contributed by atoms with Crippen molar-refractivity contribution in [3.05, 3.63) is 72.1 Å². The molecule has 0 saturated carbocycles. The van der Waals surface area contributed by atoms with E-state index in [1.807, 2.05) is 0 Å². The largest absolute Gasteiger partial charge is 0.319 e. The van der Waals surface area contributed by atoms with Crippen molar-refractivity contribution in [1.82, 2.24) is 4.57 Å². The van der Waals surface area contributed by atoms with Crippen LogP contribution < -0.4 is 4.57 Å². The summed E-state index contributed by atoms with van der Waals surface area (Å²) in [7, 11) is 0. The van der Waals surface area contributed by atoms with Gasteiger partial charge in [0.1, 0.15) is 0 Å². The SMILES string of the molecule is CC(C)Cn1[c-][n+]2c3c(cccc31)C(C)(C)c1cc3ccccc3cc1-2. The van der Waals surface area contributed by atoms with Crippen molar-refractivity contribution in [2.75, 3.05) is 0 Å². The number of hydrogen-bond donors (Lipinski definition) is 0. The van der Waals surface area contributed by atoms with Gasteiger partial charge >= 0.3 is 0 Å². The lowest BCUT2D eigenvalue weighted by molar-refractivity contribution is -0.575. The molecule has 130 valence electrons. The normalized spacial score (nSPS) is 15.0. The first-order valence-corrected chi connectivity index (χ1v) is 9.47. The second-order valence-corrected chi connectivity index (χ2v) is 8.45. The first-order valence-electron chi connectivity index (χ1n) is 9.47. The zero-order valence-corrected chi connectivity index (χ0v) is 15.9. The predicted molar refractivity (Wildman–Crippen MR) is 107 cm³/mol. The summed E-state index contributed by atoms with van der Waals surface area (Å²) in [6, 6.07) is 20.1. The molecule has 0 saturated heterocycles. The second-order valence-electron chi connectivity index (χ2n) is 8.45. The topological polar surface area (TPSA) is 8.81 Å². The number of nitrogens with zero attached hydrogens (tertiary/aromatic N) is 2. The predicted octanol–water partition coefficient (Wildman–Crippen LogP) is 5.17. The third-order valence-corrected chi connectivity index (χ3v) is 5.75. The van der Waals surface area contributed by atoms with E-state index >= 15 is 0 Å². The number of aromatic nitrogens is 2. The van der Waals surface area contributed by atoms with Gasteiger partial charge in [0, 0.05) is 5.41 Å². The van der Waals surface area contributed by atoms with Gasteiger partial charge in [0.15, 0.2) is 0 Å². The van der Waals surface area contributed by atoms with Crippen LogP contribution >= 0.6 is 0 Å². The lowest BCUT2D eigenvalue weighted by Crippen LogP contribution is -2.40. The van der Waals surface area contributed by atoms with Crippen LogP contribution in [0.5, 0.6) is 0 Å². The number of imidazole rings is 1. The van der Waals surface area contributed by atoms with Crippen LogP contribution in [0.15, 0.2) is 54.6 Å². The average Bonchev–Trinajstić information content (AvgIpc) is 2.97. The van der Waals surface area contributed by atoms with E-state index in [0.29, 0.717) is 5.92 Å². The van der Waals surface area contributed by atoms with Crippen LogP contribution in [0.2, 0.25) is 0 Å². The lowest BCUT2D eigenvalue weighted by Gasteiger charge is -2.35. The molecule has 0 atom stereocenters. The minimum atomic E-state index is -0.0310. The number of rotatable bonds is 2. The smallest absolute Gasteiger partial charge is 0.244 e. The van der Waals surface area contributed by atoms with Crippen LogP contribution in [0, 0.1) is 12.2 Å². The zero-order chi connectivity index (χ0) is 18.1. The molecule has 2 heteroatoms. The average molecular weight is 340 g/mol. The van der Waals surface area contributed by atoms with Crippen LogP contribution in [0.25, 0.3) is 27.5 Å². The van der Waals surface area contributed by atoms with Crippen LogP contribution in [-0.2, 0) is 12.0 Å². The second kappa shape index (κ2) is 5.20. The molecule has 26 heavy (non-hydrogen) atoms. The molecular weight excluding hydrogens is 316 g/mol. The van der Waals surface area contributed by atoms with Gasteiger partial charge in [0.25, 0.3) is 0 Å². The molecule has 0 spiro atoms. The van der Waals surface area contributed by atoms with Crippen LogP contribution in [0.3, 0.4) is 0 Å². The van der Waals surface area contributed by atoms with Gasteiger partial charge in [0.05, 0.1) is 23.3 Å². The minimum Gasteiger partial charge on any atom is -0.319 e. The van der Waals surface area contributed by atoms with Crippen molar-refractivity contribution in [3.63, 3.8) is 0 Å².